The first-order valence-electron chi connectivity index (χ1n) is 5.29. The molecule has 1 rings (SSSR count). The van der Waals surface area contributed by atoms with Gasteiger partial charge in [-0.05, 0) is 37.6 Å². The van der Waals surface area contributed by atoms with Crippen LogP contribution in [0.2, 0.25) is 5.02 Å². The van der Waals surface area contributed by atoms with Crippen molar-refractivity contribution in [1.29, 1.82) is 0 Å². The lowest BCUT2D eigenvalue weighted by Gasteiger charge is -2.09. The van der Waals surface area contributed by atoms with E-state index in [1.807, 2.05) is 6.92 Å². The van der Waals surface area contributed by atoms with Crippen LogP contribution in [0.4, 0.5) is 10.5 Å². The average Bonchev–Trinajstić information content (AvgIpc) is 2.21. The van der Waals surface area contributed by atoms with Gasteiger partial charge in [0, 0.05) is 23.7 Å². The molecule has 0 aromatic heterocycles. The molecule has 0 aliphatic heterocycles. The van der Waals surface area contributed by atoms with Crippen LogP contribution in [0.5, 0.6) is 0 Å². The van der Waals surface area contributed by atoms with Gasteiger partial charge in [0.15, 0.2) is 0 Å². The minimum atomic E-state index is -0.323. The van der Waals surface area contributed by atoms with Gasteiger partial charge in [-0.3, -0.25) is 4.79 Å². The molecule has 0 saturated heterocycles. The van der Waals surface area contributed by atoms with Crippen LogP contribution in [-0.4, -0.2) is 18.4 Å². The topological polar surface area (TPSA) is 58.2 Å². The lowest BCUT2D eigenvalue weighted by molar-refractivity contribution is -0.116. The summed E-state index contributed by atoms with van der Waals surface area (Å²) in [5.41, 5.74) is 1.59. The van der Waals surface area contributed by atoms with Crippen LogP contribution in [0, 0.1) is 6.92 Å². The normalized spacial score (nSPS) is 9.82. The van der Waals surface area contributed by atoms with Crippen LogP contribution < -0.4 is 10.6 Å². The summed E-state index contributed by atoms with van der Waals surface area (Å²) in [4.78, 5) is 22.2. The number of benzene rings is 1. The van der Waals surface area contributed by atoms with Crippen LogP contribution in [0.1, 0.15) is 18.9 Å². The maximum atomic E-state index is 11.5. The van der Waals surface area contributed by atoms with Gasteiger partial charge in [0.05, 0.1) is 0 Å². The van der Waals surface area contributed by atoms with E-state index in [9.17, 15) is 9.59 Å². The molecule has 1 aromatic carbocycles. The number of ketones is 1. The lowest BCUT2D eigenvalue weighted by atomic mass is 10.2. The van der Waals surface area contributed by atoms with Crippen LogP contribution in [0.3, 0.4) is 0 Å². The third-order valence-electron chi connectivity index (χ3n) is 2.20. The molecular formula is C12H15ClN2O2. The zero-order valence-corrected chi connectivity index (χ0v) is 10.6. The molecular weight excluding hydrogens is 240 g/mol. The van der Waals surface area contributed by atoms with Crippen LogP contribution in [-0.2, 0) is 4.79 Å². The maximum absolute atomic E-state index is 11.5. The number of halogens is 1. The molecule has 0 unspecified atom stereocenters. The molecule has 2 amide bonds. The van der Waals surface area contributed by atoms with Crippen molar-refractivity contribution in [2.24, 2.45) is 0 Å². The van der Waals surface area contributed by atoms with Gasteiger partial charge in [0.2, 0.25) is 0 Å². The molecule has 0 bridgehead atoms. The molecule has 0 aliphatic carbocycles. The Hall–Kier alpha value is -1.55. The van der Waals surface area contributed by atoms with Gasteiger partial charge in [0.25, 0.3) is 0 Å². The molecule has 17 heavy (non-hydrogen) atoms. The highest BCUT2D eigenvalue weighted by atomic mass is 35.5. The number of carbonyl (C=O) groups excluding carboxylic acids is 2. The molecule has 1 aromatic rings. The van der Waals surface area contributed by atoms with E-state index >= 15 is 0 Å². The summed E-state index contributed by atoms with van der Waals surface area (Å²) in [6.07, 6.45) is 0.340. The van der Waals surface area contributed by atoms with Gasteiger partial charge >= 0.3 is 6.03 Å². The highest BCUT2D eigenvalue weighted by molar-refractivity contribution is 6.30. The molecule has 5 heteroatoms. The second-order valence-electron chi connectivity index (χ2n) is 3.79. The number of amides is 2. The average molecular weight is 255 g/mol. The summed E-state index contributed by atoms with van der Waals surface area (Å²) in [6, 6.07) is 4.89. The predicted molar refractivity (Wildman–Crippen MR) is 68.5 cm³/mol. The largest absolute Gasteiger partial charge is 0.337 e. The van der Waals surface area contributed by atoms with E-state index in [-0.39, 0.29) is 11.8 Å². The lowest BCUT2D eigenvalue weighted by Crippen LogP contribution is -2.30. The fraction of sp³-hybridized carbons (Fsp3) is 0.333. The van der Waals surface area contributed by atoms with Crippen molar-refractivity contribution in [3.05, 3.63) is 28.8 Å². The Morgan fingerprint density at radius 3 is 2.65 bits per heavy atom. The summed E-state index contributed by atoms with van der Waals surface area (Å²) in [5, 5.41) is 5.92. The molecule has 2 N–H and O–H groups in total. The Kier molecular flexibility index (Phi) is 4.97. The zero-order valence-electron chi connectivity index (χ0n) is 9.84. The first kappa shape index (κ1) is 13.5. The van der Waals surface area contributed by atoms with Crippen LogP contribution in [0.15, 0.2) is 18.2 Å². The number of carbonyl (C=O) groups is 2. The zero-order chi connectivity index (χ0) is 12.8. The first-order valence-corrected chi connectivity index (χ1v) is 5.67. The number of urea groups is 1. The molecule has 0 aliphatic rings. The minimum Gasteiger partial charge on any atom is -0.337 e. The van der Waals surface area contributed by atoms with Crippen molar-refractivity contribution in [2.75, 3.05) is 11.9 Å². The Balaban J connectivity index is 2.48. The fourth-order valence-electron chi connectivity index (χ4n) is 1.29. The summed E-state index contributed by atoms with van der Waals surface area (Å²) in [7, 11) is 0. The van der Waals surface area contributed by atoms with E-state index in [1.165, 1.54) is 6.92 Å². The maximum Gasteiger partial charge on any atom is 0.319 e. The van der Waals surface area contributed by atoms with Gasteiger partial charge < -0.3 is 10.6 Å². The number of hydrogen-bond donors (Lipinski definition) is 2. The third kappa shape index (κ3) is 4.87. The quantitative estimate of drug-likeness (QED) is 0.868. The van der Waals surface area contributed by atoms with Gasteiger partial charge in [-0.15, -0.1) is 0 Å². The van der Waals surface area contributed by atoms with Crippen molar-refractivity contribution >= 4 is 29.1 Å². The van der Waals surface area contributed by atoms with E-state index in [2.05, 4.69) is 10.6 Å². The number of hydrogen-bond acceptors (Lipinski definition) is 2. The highest BCUT2D eigenvalue weighted by Crippen LogP contribution is 2.19. The Morgan fingerprint density at radius 1 is 1.35 bits per heavy atom. The first-order chi connectivity index (χ1) is 7.99. The van der Waals surface area contributed by atoms with Crippen LogP contribution in [0.25, 0.3) is 0 Å². The van der Waals surface area contributed by atoms with E-state index < -0.39 is 0 Å². The SMILES string of the molecule is CC(=O)CCNC(=O)Nc1ccc(Cl)cc1C. The molecule has 0 fully saturated rings. The Labute approximate surface area is 105 Å². The number of Topliss-reactive ketones (excluding diaryl/α,β-unsaturated/α-hetero) is 1. The van der Waals surface area contributed by atoms with E-state index in [4.69, 9.17) is 11.6 Å². The molecule has 0 spiro atoms. The second-order valence-corrected chi connectivity index (χ2v) is 4.23. The van der Waals surface area contributed by atoms with E-state index in [0.717, 1.165) is 5.56 Å². The number of nitrogens with one attached hydrogen (secondary N) is 2. The van der Waals surface area contributed by atoms with Gasteiger partial charge in [-0.25, -0.2) is 4.79 Å². The van der Waals surface area contributed by atoms with Gasteiger partial charge in [0.1, 0.15) is 5.78 Å². The summed E-state index contributed by atoms with van der Waals surface area (Å²) < 4.78 is 0. The molecule has 4 nitrogen and oxygen atoms in total. The summed E-state index contributed by atoms with van der Waals surface area (Å²) in [6.45, 7) is 3.69. The van der Waals surface area contributed by atoms with Crippen molar-refractivity contribution < 1.29 is 9.59 Å². The van der Waals surface area contributed by atoms with E-state index in [0.29, 0.717) is 23.7 Å². The number of rotatable bonds is 4. The van der Waals surface area contributed by atoms with Gasteiger partial charge in [-0.1, -0.05) is 11.6 Å². The third-order valence-corrected chi connectivity index (χ3v) is 2.43. The molecule has 0 saturated carbocycles. The minimum absolute atomic E-state index is 0.0490. The summed E-state index contributed by atoms with van der Waals surface area (Å²) in [5.74, 6) is 0.0490. The van der Waals surface area contributed by atoms with Crippen molar-refractivity contribution in [2.45, 2.75) is 20.3 Å². The van der Waals surface area contributed by atoms with Crippen LogP contribution >= 0.6 is 11.6 Å². The highest BCUT2D eigenvalue weighted by Gasteiger charge is 2.04. The monoisotopic (exact) mass is 254 g/mol. The number of aryl methyl sites for hydroxylation is 1. The number of anilines is 1. The van der Waals surface area contributed by atoms with Crippen molar-refractivity contribution in [3.8, 4) is 0 Å². The molecule has 92 valence electrons. The fourth-order valence-corrected chi connectivity index (χ4v) is 1.51. The van der Waals surface area contributed by atoms with Gasteiger partial charge in [-0.2, -0.15) is 0 Å². The smallest absolute Gasteiger partial charge is 0.319 e. The van der Waals surface area contributed by atoms with Crippen molar-refractivity contribution in [1.82, 2.24) is 5.32 Å². The van der Waals surface area contributed by atoms with Crippen molar-refractivity contribution in [3.63, 3.8) is 0 Å². The Morgan fingerprint density at radius 2 is 2.06 bits per heavy atom. The standard InChI is InChI=1S/C12H15ClN2O2/c1-8-7-10(13)3-4-11(8)15-12(17)14-6-5-9(2)16/h3-4,7H,5-6H2,1-2H3,(H2,14,15,17). The predicted octanol–water partition coefficient (Wildman–Crippen LogP) is 2.75. The van der Waals surface area contributed by atoms with E-state index in [1.54, 1.807) is 18.2 Å². The molecule has 0 radical (unpaired) electrons. The molecule has 0 heterocycles. The second kappa shape index (κ2) is 6.25. The summed E-state index contributed by atoms with van der Waals surface area (Å²) >= 11 is 5.81. The Bertz CT molecular complexity index is 433. The molecule has 0 atom stereocenters.